The summed E-state index contributed by atoms with van der Waals surface area (Å²) in [5, 5.41) is 6.97. The minimum Gasteiger partial charge on any atom is -0.497 e. The van der Waals surface area contributed by atoms with Crippen LogP contribution >= 0.6 is 0 Å². The lowest BCUT2D eigenvalue weighted by Crippen LogP contribution is -2.28. The first-order valence-corrected chi connectivity index (χ1v) is 7.32. The van der Waals surface area contributed by atoms with Gasteiger partial charge in [0.1, 0.15) is 11.5 Å². The predicted molar refractivity (Wildman–Crippen MR) is 86.2 cm³/mol. The minimum atomic E-state index is -0.391. The third-order valence-corrected chi connectivity index (χ3v) is 3.57. The molecule has 1 atom stereocenters. The Morgan fingerprint density at radius 1 is 1.29 bits per heavy atom. The van der Waals surface area contributed by atoms with Crippen LogP contribution in [0.15, 0.2) is 36.7 Å². The van der Waals surface area contributed by atoms with E-state index in [0.29, 0.717) is 17.3 Å². The van der Waals surface area contributed by atoms with E-state index in [0.717, 1.165) is 5.56 Å². The van der Waals surface area contributed by atoms with E-state index < -0.39 is 5.91 Å². The van der Waals surface area contributed by atoms with Crippen LogP contribution in [-0.2, 0) is 0 Å². The van der Waals surface area contributed by atoms with Gasteiger partial charge in [0.25, 0.3) is 11.7 Å². The molecule has 0 aliphatic heterocycles. The quantitative estimate of drug-likeness (QED) is 0.766. The molecular formula is C16H17N5O3. The molecule has 0 spiro atoms. The number of methoxy groups -OCH3 is 2. The number of hydrogen-bond donors (Lipinski definition) is 1. The van der Waals surface area contributed by atoms with Crippen LogP contribution in [0.5, 0.6) is 11.5 Å². The highest BCUT2D eigenvalue weighted by Gasteiger charge is 2.19. The molecule has 8 heteroatoms. The highest BCUT2D eigenvalue weighted by molar-refractivity contribution is 5.91. The van der Waals surface area contributed by atoms with Crippen LogP contribution in [0.1, 0.15) is 29.1 Å². The number of amides is 1. The fourth-order valence-electron chi connectivity index (χ4n) is 2.35. The first kappa shape index (κ1) is 15.7. The Labute approximate surface area is 138 Å². The maximum absolute atomic E-state index is 12.4. The summed E-state index contributed by atoms with van der Waals surface area (Å²) in [6, 6.07) is 6.81. The van der Waals surface area contributed by atoms with Crippen molar-refractivity contribution in [3.8, 4) is 11.5 Å². The maximum Gasteiger partial charge on any atom is 0.291 e. The molecule has 8 nitrogen and oxygen atoms in total. The van der Waals surface area contributed by atoms with E-state index in [2.05, 4.69) is 20.4 Å². The topological polar surface area (TPSA) is 90.6 Å². The van der Waals surface area contributed by atoms with Gasteiger partial charge in [-0.05, 0) is 31.2 Å². The van der Waals surface area contributed by atoms with Crippen LogP contribution in [0.3, 0.4) is 0 Å². The molecule has 1 N–H and O–H groups in total. The zero-order valence-electron chi connectivity index (χ0n) is 13.6. The largest absolute Gasteiger partial charge is 0.497 e. The summed E-state index contributed by atoms with van der Waals surface area (Å²) in [6.45, 7) is 1.85. The van der Waals surface area contributed by atoms with Crippen LogP contribution < -0.4 is 14.8 Å². The molecule has 3 aromatic rings. The molecule has 2 heterocycles. The van der Waals surface area contributed by atoms with Gasteiger partial charge in [-0.15, -0.1) is 5.10 Å². The van der Waals surface area contributed by atoms with Crippen LogP contribution in [-0.4, -0.2) is 39.7 Å². The van der Waals surface area contributed by atoms with Crippen molar-refractivity contribution < 1.29 is 14.3 Å². The van der Waals surface area contributed by atoms with Crippen molar-refractivity contribution >= 4 is 11.7 Å². The van der Waals surface area contributed by atoms with Gasteiger partial charge in [0.2, 0.25) is 5.82 Å². The Kier molecular flexibility index (Phi) is 4.28. The SMILES string of the molecule is COc1ccc(OC)c([C@H](C)NC(=O)c2nc3ncccn3n2)c1. The van der Waals surface area contributed by atoms with Crippen LogP contribution in [0.2, 0.25) is 0 Å². The van der Waals surface area contributed by atoms with Crippen molar-refractivity contribution in [2.75, 3.05) is 14.2 Å². The van der Waals surface area contributed by atoms with E-state index in [-0.39, 0.29) is 11.9 Å². The molecule has 0 unspecified atom stereocenters. The molecule has 2 aromatic heterocycles. The van der Waals surface area contributed by atoms with Crippen molar-refractivity contribution in [3.05, 3.63) is 48.0 Å². The zero-order valence-corrected chi connectivity index (χ0v) is 13.6. The van der Waals surface area contributed by atoms with Crippen LogP contribution in [0.4, 0.5) is 0 Å². The molecule has 0 fully saturated rings. The predicted octanol–water partition coefficient (Wildman–Crippen LogP) is 1.63. The summed E-state index contributed by atoms with van der Waals surface area (Å²) in [6.07, 6.45) is 3.27. The van der Waals surface area contributed by atoms with E-state index >= 15 is 0 Å². The fraction of sp³-hybridized carbons (Fsp3) is 0.250. The normalized spacial score (nSPS) is 12.0. The molecule has 1 amide bonds. The highest BCUT2D eigenvalue weighted by Crippen LogP contribution is 2.29. The lowest BCUT2D eigenvalue weighted by atomic mass is 10.1. The summed E-state index contributed by atoms with van der Waals surface area (Å²) in [4.78, 5) is 20.6. The van der Waals surface area contributed by atoms with E-state index in [9.17, 15) is 4.79 Å². The van der Waals surface area contributed by atoms with Gasteiger partial charge >= 0.3 is 0 Å². The van der Waals surface area contributed by atoms with Crippen LogP contribution in [0.25, 0.3) is 5.78 Å². The Hall–Kier alpha value is -3.16. The smallest absolute Gasteiger partial charge is 0.291 e. The number of nitrogens with one attached hydrogen (secondary N) is 1. The van der Waals surface area contributed by atoms with Crippen molar-refractivity contribution in [3.63, 3.8) is 0 Å². The Morgan fingerprint density at radius 3 is 2.83 bits per heavy atom. The molecule has 0 saturated heterocycles. The van der Waals surface area contributed by atoms with Crippen molar-refractivity contribution in [1.29, 1.82) is 0 Å². The molecule has 1 aromatic carbocycles. The molecular weight excluding hydrogens is 310 g/mol. The lowest BCUT2D eigenvalue weighted by Gasteiger charge is -2.17. The number of fused-ring (bicyclic) bond motifs is 1. The standard InChI is InChI=1S/C16H17N5O3/c1-10(12-9-11(23-2)5-6-13(12)24-3)18-15(22)14-19-16-17-7-4-8-21(16)20-14/h4-10H,1-3H3,(H,18,22)/t10-/m0/s1. The second-order valence-corrected chi connectivity index (χ2v) is 5.10. The number of benzene rings is 1. The van der Waals surface area contributed by atoms with Gasteiger partial charge in [-0.25, -0.2) is 9.50 Å². The van der Waals surface area contributed by atoms with Crippen LogP contribution in [0, 0.1) is 0 Å². The minimum absolute atomic E-state index is 0.0578. The van der Waals surface area contributed by atoms with Crippen molar-refractivity contribution in [1.82, 2.24) is 24.9 Å². The number of carbonyl (C=O) groups excluding carboxylic acids is 1. The van der Waals surface area contributed by atoms with Crippen molar-refractivity contribution in [2.24, 2.45) is 0 Å². The molecule has 0 bridgehead atoms. The summed E-state index contributed by atoms with van der Waals surface area (Å²) in [7, 11) is 3.16. The fourth-order valence-corrected chi connectivity index (χ4v) is 2.35. The second kappa shape index (κ2) is 6.53. The number of carbonyl (C=O) groups is 1. The maximum atomic E-state index is 12.4. The molecule has 24 heavy (non-hydrogen) atoms. The van der Waals surface area contributed by atoms with E-state index in [1.807, 2.05) is 13.0 Å². The second-order valence-electron chi connectivity index (χ2n) is 5.10. The monoisotopic (exact) mass is 327 g/mol. The molecule has 0 saturated carbocycles. The Balaban J connectivity index is 1.83. The summed E-state index contributed by atoms with van der Waals surface area (Å²) in [5.41, 5.74) is 0.798. The molecule has 3 rings (SSSR count). The third kappa shape index (κ3) is 2.98. The zero-order chi connectivity index (χ0) is 17.1. The molecule has 0 aliphatic carbocycles. The first-order chi connectivity index (χ1) is 11.6. The van der Waals surface area contributed by atoms with Gasteiger partial charge < -0.3 is 14.8 Å². The van der Waals surface area contributed by atoms with Gasteiger partial charge in [0.15, 0.2) is 0 Å². The number of hydrogen-bond acceptors (Lipinski definition) is 6. The Bertz CT molecular complexity index is 844. The molecule has 0 radical (unpaired) electrons. The van der Waals surface area contributed by atoms with E-state index in [1.54, 1.807) is 44.8 Å². The van der Waals surface area contributed by atoms with Gasteiger partial charge in [-0.1, -0.05) is 0 Å². The third-order valence-electron chi connectivity index (χ3n) is 3.57. The summed E-state index contributed by atoms with van der Waals surface area (Å²) < 4.78 is 12.0. The first-order valence-electron chi connectivity index (χ1n) is 7.32. The summed E-state index contributed by atoms with van der Waals surface area (Å²) in [5.74, 6) is 1.38. The average molecular weight is 327 g/mol. The summed E-state index contributed by atoms with van der Waals surface area (Å²) >= 11 is 0. The Morgan fingerprint density at radius 2 is 2.12 bits per heavy atom. The van der Waals surface area contributed by atoms with E-state index in [1.165, 1.54) is 4.52 Å². The number of aromatic nitrogens is 4. The highest BCUT2D eigenvalue weighted by atomic mass is 16.5. The van der Waals surface area contributed by atoms with Gasteiger partial charge in [-0.2, -0.15) is 4.98 Å². The lowest BCUT2D eigenvalue weighted by molar-refractivity contribution is 0.0929. The number of ether oxygens (including phenoxy) is 2. The van der Waals surface area contributed by atoms with Gasteiger partial charge in [0, 0.05) is 18.0 Å². The number of nitrogens with zero attached hydrogens (tertiary/aromatic N) is 4. The molecule has 124 valence electrons. The average Bonchev–Trinajstić information content (AvgIpc) is 3.05. The molecule has 0 aliphatic rings. The van der Waals surface area contributed by atoms with E-state index in [4.69, 9.17) is 9.47 Å². The van der Waals surface area contributed by atoms with Gasteiger partial charge in [0.05, 0.1) is 20.3 Å². The van der Waals surface area contributed by atoms with Gasteiger partial charge in [-0.3, -0.25) is 4.79 Å². The van der Waals surface area contributed by atoms with Crippen molar-refractivity contribution in [2.45, 2.75) is 13.0 Å². The number of rotatable bonds is 5.